The molecule has 0 spiro atoms. The number of fused-ring (bicyclic) bond motifs is 2. The predicted molar refractivity (Wildman–Crippen MR) is 151 cm³/mol. The molecule has 3 heterocycles. The van der Waals surface area contributed by atoms with Crippen LogP contribution in [0.3, 0.4) is 0 Å². The van der Waals surface area contributed by atoms with Gasteiger partial charge in [0.15, 0.2) is 5.76 Å². The number of piperazine rings is 1. The lowest BCUT2D eigenvalue weighted by atomic mass is 10.0. The maximum Gasteiger partial charge on any atom is 0.231 e. The fourth-order valence-corrected chi connectivity index (χ4v) is 5.42. The van der Waals surface area contributed by atoms with E-state index in [1.54, 1.807) is 32.4 Å². The smallest absolute Gasteiger partial charge is 0.231 e. The zero-order valence-electron chi connectivity index (χ0n) is 22.3. The molecule has 8 heteroatoms. The maximum atomic E-state index is 13.3. The lowest BCUT2D eigenvalue weighted by Crippen LogP contribution is -2.46. The zero-order valence-corrected chi connectivity index (χ0v) is 22.3. The number of ketones is 1. The Labute approximate surface area is 227 Å². The van der Waals surface area contributed by atoms with Crippen LogP contribution in [-0.2, 0) is 13.6 Å². The first kappa shape index (κ1) is 24.9. The van der Waals surface area contributed by atoms with Crippen LogP contribution in [0.4, 0.5) is 5.69 Å². The lowest BCUT2D eigenvalue weighted by Gasteiger charge is -2.36. The number of aromatic nitrogens is 1. The van der Waals surface area contributed by atoms with E-state index in [2.05, 4.69) is 21.9 Å². The molecule has 0 bridgehead atoms. The number of ether oxygens (including phenoxy) is 3. The number of rotatable bonds is 6. The summed E-state index contributed by atoms with van der Waals surface area (Å²) in [5.41, 5.74) is 4.17. The summed E-state index contributed by atoms with van der Waals surface area (Å²) < 4.78 is 18.8. The second kappa shape index (κ2) is 10.0. The average molecular weight is 526 g/mol. The molecule has 1 fully saturated rings. The Morgan fingerprint density at radius 3 is 2.38 bits per heavy atom. The molecule has 3 aromatic carbocycles. The molecule has 200 valence electrons. The number of carbonyl (C=O) groups is 1. The van der Waals surface area contributed by atoms with Gasteiger partial charge in [0, 0.05) is 68.1 Å². The van der Waals surface area contributed by atoms with Crippen molar-refractivity contribution in [3.8, 4) is 23.0 Å². The van der Waals surface area contributed by atoms with Crippen LogP contribution in [0.1, 0.15) is 21.5 Å². The highest BCUT2D eigenvalue weighted by atomic mass is 16.5. The van der Waals surface area contributed by atoms with E-state index in [1.807, 2.05) is 48.1 Å². The van der Waals surface area contributed by atoms with E-state index in [0.717, 1.165) is 59.8 Å². The van der Waals surface area contributed by atoms with E-state index < -0.39 is 0 Å². The summed E-state index contributed by atoms with van der Waals surface area (Å²) in [5, 5.41) is 11.7. The monoisotopic (exact) mass is 525 g/mol. The number of nitrogens with zero attached hydrogens (tertiary/aromatic N) is 3. The van der Waals surface area contributed by atoms with Gasteiger partial charge in [0.1, 0.15) is 23.0 Å². The minimum Gasteiger partial charge on any atom is -0.507 e. The summed E-state index contributed by atoms with van der Waals surface area (Å²) in [6.07, 6.45) is 3.75. The third-order valence-electron chi connectivity index (χ3n) is 7.62. The van der Waals surface area contributed by atoms with Crippen LogP contribution in [0.15, 0.2) is 66.6 Å². The molecule has 1 aromatic heterocycles. The van der Waals surface area contributed by atoms with Crippen molar-refractivity contribution >= 4 is 28.4 Å². The average Bonchev–Trinajstić information content (AvgIpc) is 3.45. The van der Waals surface area contributed by atoms with Crippen LogP contribution in [0.25, 0.3) is 17.0 Å². The zero-order chi connectivity index (χ0) is 27.1. The Balaban J connectivity index is 1.22. The van der Waals surface area contributed by atoms with Gasteiger partial charge in [-0.25, -0.2) is 0 Å². The topological polar surface area (TPSA) is 76.4 Å². The molecular weight excluding hydrogens is 494 g/mol. The van der Waals surface area contributed by atoms with Crippen LogP contribution in [0.2, 0.25) is 0 Å². The quantitative estimate of drug-likeness (QED) is 0.361. The number of hydrogen-bond acceptors (Lipinski definition) is 7. The third-order valence-corrected chi connectivity index (χ3v) is 7.62. The fraction of sp³-hybridized carbons (Fsp3) is 0.258. The van der Waals surface area contributed by atoms with Gasteiger partial charge in [-0.2, -0.15) is 0 Å². The van der Waals surface area contributed by atoms with E-state index >= 15 is 0 Å². The first-order chi connectivity index (χ1) is 18.9. The number of anilines is 1. The standard InChI is InChI=1S/C31H31N3O5/c1-32-18-20(25-17-23(38-3)8-10-27(25)32)16-29-30(36)24-9-11-28(35)26(31(24)39-29)19-33-12-14-34(15-13-33)21-4-6-22(37-2)7-5-21/h4-11,16-18,35H,12-15,19H2,1-3H3/b29-16+. The molecule has 2 aliphatic heterocycles. The second-order valence-corrected chi connectivity index (χ2v) is 9.92. The summed E-state index contributed by atoms with van der Waals surface area (Å²) in [7, 11) is 5.27. The number of Topliss-reactive ketones (excluding diaryl/α,β-unsaturated/α-hetero) is 1. The largest absolute Gasteiger partial charge is 0.507 e. The molecule has 4 aromatic rings. The summed E-state index contributed by atoms with van der Waals surface area (Å²) >= 11 is 0. The minimum absolute atomic E-state index is 0.135. The number of phenolic OH excluding ortho intramolecular Hbond substituents is 1. The Morgan fingerprint density at radius 2 is 1.67 bits per heavy atom. The number of carbonyl (C=O) groups excluding carboxylic acids is 1. The lowest BCUT2D eigenvalue weighted by molar-refractivity contribution is 0.101. The number of phenols is 1. The predicted octanol–water partition coefficient (Wildman–Crippen LogP) is 4.84. The Bertz CT molecular complexity index is 1580. The first-order valence-electron chi connectivity index (χ1n) is 13.0. The summed E-state index contributed by atoms with van der Waals surface area (Å²) in [4.78, 5) is 18.0. The molecule has 0 atom stereocenters. The van der Waals surface area contributed by atoms with Crippen LogP contribution in [0.5, 0.6) is 23.0 Å². The maximum absolute atomic E-state index is 13.3. The summed E-state index contributed by atoms with van der Waals surface area (Å²) in [5.74, 6) is 2.23. The van der Waals surface area contributed by atoms with Gasteiger partial charge in [0.05, 0.1) is 25.3 Å². The molecular formula is C31H31N3O5. The highest BCUT2D eigenvalue weighted by molar-refractivity contribution is 6.15. The Morgan fingerprint density at radius 1 is 0.949 bits per heavy atom. The highest BCUT2D eigenvalue weighted by Gasteiger charge is 2.32. The van der Waals surface area contributed by atoms with Crippen LogP contribution < -0.4 is 19.1 Å². The van der Waals surface area contributed by atoms with Crippen molar-refractivity contribution in [3.05, 3.63) is 83.2 Å². The van der Waals surface area contributed by atoms with Gasteiger partial charge < -0.3 is 28.8 Å². The van der Waals surface area contributed by atoms with Gasteiger partial charge in [-0.3, -0.25) is 9.69 Å². The molecule has 1 N–H and O–H groups in total. The SMILES string of the molecule is COc1ccc(N2CCN(Cc3c(O)ccc4c3O/C(=C/c3cn(C)c5ccc(OC)cc35)C4=O)CC2)cc1. The number of aryl methyl sites for hydroxylation is 1. The van der Waals surface area contributed by atoms with E-state index in [1.165, 1.54) is 0 Å². The van der Waals surface area contributed by atoms with Crippen LogP contribution in [0, 0.1) is 0 Å². The molecule has 1 saturated heterocycles. The Hall–Kier alpha value is -4.43. The van der Waals surface area contributed by atoms with Gasteiger partial charge in [0.2, 0.25) is 5.78 Å². The van der Waals surface area contributed by atoms with Crippen molar-refractivity contribution in [1.82, 2.24) is 9.47 Å². The highest BCUT2D eigenvalue weighted by Crippen LogP contribution is 2.41. The van der Waals surface area contributed by atoms with Gasteiger partial charge >= 0.3 is 0 Å². The molecule has 0 amide bonds. The van der Waals surface area contributed by atoms with Gasteiger partial charge in [-0.05, 0) is 60.7 Å². The molecule has 0 saturated carbocycles. The van der Waals surface area contributed by atoms with E-state index in [0.29, 0.717) is 23.4 Å². The number of hydrogen-bond donors (Lipinski definition) is 1. The van der Waals surface area contributed by atoms with Gasteiger partial charge in [-0.1, -0.05) is 0 Å². The van der Waals surface area contributed by atoms with Crippen molar-refractivity contribution < 1.29 is 24.1 Å². The summed E-state index contributed by atoms with van der Waals surface area (Å²) in [6.45, 7) is 3.86. The van der Waals surface area contributed by atoms with Gasteiger partial charge in [-0.15, -0.1) is 0 Å². The molecule has 2 aliphatic rings. The number of methoxy groups -OCH3 is 2. The molecule has 8 nitrogen and oxygen atoms in total. The van der Waals surface area contributed by atoms with Crippen molar-refractivity contribution in [3.63, 3.8) is 0 Å². The second-order valence-electron chi connectivity index (χ2n) is 9.92. The fourth-order valence-electron chi connectivity index (χ4n) is 5.42. The van der Waals surface area contributed by atoms with Gasteiger partial charge in [0.25, 0.3) is 0 Å². The summed E-state index contributed by atoms with van der Waals surface area (Å²) in [6, 6.07) is 17.2. The van der Waals surface area contributed by atoms with E-state index in [4.69, 9.17) is 14.2 Å². The number of aromatic hydroxyl groups is 1. The molecule has 0 radical (unpaired) electrons. The van der Waals surface area contributed by atoms with Crippen LogP contribution >= 0.6 is 0 Å². The number of benzene rings is 3. The van der Waals surface area contributed by atoms with Crippen molar-refractivity contribution in [2.24, 2.45) is 7.05 Å². The minimum atomic E-state index is -0.185. The van der Waals surface area contributed by atoms with E-state index in [-0.39, 0.29) is 17.3 Å². The van der Waals surface area contributed by atoms with Crippen LogP contribution in [-0.4, -0.2) is 60.8 Å². The van der Waals surface area contributed by atoms with Crippen molar-refractivity contribution in [1.29, 1.82) is 0 Å². The number of allylic oxidation sites excluding steroid dienone is 1. The normalized spacial score (nSPS) is 16.5. The van der Waals surface area contributed by atoms with Crippen molar-refractivity contribution in [2.75, 3.05) is 45.3 Å². The molecule has 6 rings (SSSR count). The first-order valence-corrected chi connectivity index (χ1v) is 13.0. The Kier molecular flexibility index (Phi) is 6.40. The van der Waals surface area contributed by atoms with E-state index in [9.17, 15) is 9.90 Å². The third kappa shape index (κ3) is 4.57. The molecule has 0 aliphatic carbocycles. The van der Waals surface area contributed by atoms with Crippen molar-refractivity contribution in [2.45, 2.75) is 6.54 Å². The molecule has 0 unspecified atom stereocenters. The molecule has 39 heavy (non-hydrogen) atoms.